The average Bonchev–Trinajstić information content (AvgIpc) is 3.14. The summed E-state index contributed by atoms with van der Waals surface area (Å²) in [5.41, 5.74) is 0.916. The van der Waals surface area contributed by atoms with Gasteiger partial charge in [-0.25, -0.2) is 4.39 Å². The Morgan fingerprint density at radius 2 is 1.76 bits per heavy atom. The summed E-state index contributed by atoms with van der Waals surface area (Å²) < 4.78 is 18.8. The van der Waals surface area contributed by atoms with E-state index in [9.17, 15) is 9.18 Å². The number of nitrogens with zero attached hydrogens (tertiary/aromatic N) is 3. The molecule has 1 amide bonds. The number of amides is 1. The van der Waals surface area contributed by atoms with Gasteiger partial charge in [-0.15, -0.1) is 0 Å². The minimum atomic E-state index is -0.504. The number of aromatic nitrogens is 3. The zero-order chi connectivity index (χ0) is 17.5. The summed E-state index contributed by atoms with van der Waals surface area (Å²) in [6.45, 7) is 0.0965. The van der Waals surface area contributed by atoms with E-state index in [-0.39, 0.29) is 24.3 Å². The van der Waals surface area contributed by atoms with Crippen molar-refractivity contribution in [3.8, 4) is 5.75 Å². The molecule has 0 aliphatic carbocycles. The van der Waals surface area contributed by atoms with E-state index in [0.717, 1.165) is 5.56 Å². The Labute approximate surface area is 144 Å². The van der Waals surface area contributed by atoms with E-state index in [2.05, 4.69) is 15.5 Å². The van der Waals surface area contributed by atoms with Gasteiger partial charge in [0.25, 0.3) is 5.91 Å². The fourth-order valence-electron chi connectivity index (χ4n) is 2.36. The number of carbonyl (C=O) groups excluding carboxylic acids is 1. The van der Waals surface area contributed by atoms with Crippen molar-refractivity contribution < 1.29 is 13.9 Å². The van der Waals surface area contributed by atoms with Crippen molar-refractivity contribution in [3.05, 3.63) is 78.4 Å². The number of rotatable bonds is 7. The highest BCUT2D eigenvalue weighted by molar-refractivity contribution is 5.78. The predicted molar refractivity (Wildman–Crippen MR) is 89.2 cm³/mol. The lowest BCUT2D eigenvalue weighted by Crippen LogP contribution is -2.35. The Bertz CT molecular complexity index is 809. The Kier molecular flexibility index (Phi) is 5.36. The number of nitrogens with one attached hydrogen (secondary N) is 1. The molecule has 0 saturated carbocycles. The first-order chi connectivity index (χ1) is 12.2. The highest BCUT2D eigenvalue weighted by atomic mass is 19.1. The van der Waals surface area contributed by atoms with Crippen LogP contribution >= 0.6 is 0 Å². The van der Waals surface area contributed by atoms with E-state index in [1.807, 2.05) is 30.3 Å². The van der Waals surface area contributed by atoms with Gasteiger partial charge in [0.15, 0.2) is 18.2 Å². The molecule has 3 aromatic rings. The highest BCUT2D eigenvalue weighted by Crippen LogP contribution is 2.16. The molecule has 0 fully saturated rings. The Hall–Kier alpha value is -3.22. The lowest BCUT2D eigenvalue weighted by molar-refractivity contribution is -0.124. The van der Waals surface area contributed by atoms with Gasteiger partial charge in [0.2, 0.25) is 0 Å². The maximum absolute atomic E-state index is 13.5. The molecule has 128 valence electrons. The van der Waals surface area contributed by atoms with E-state index in [0.29, 0.717) is 6.54 Å². The summed E-state index contributed by atoms with van der Waals surface area (Å²) >= 11 is 0. The second kappa shape index (κ2) is 8.05. The van der Waals surface area contributed by atoms with Gasteiger partial charge in [-0.05, 0) is 17.7 Å². The first-order valence-corrected chi connectivity index (χ1v) is 7.78. The predicted octanol–water partition coefficient (Wildman–Crippen LogP) is 2.35. The van der Waals surface area contributed by atoms with Crippen molar-refractivity contribution in [2.45, 2.75) is 12.6 Å². The van der Waals surface area contributed by atoms with Crippen LogP contribution in [-0.4, -0.2) is 27.5 Å². The summed E-state index contributed by atoms with van der Waals surface area (Å²) in [4.78, 5) is 13.7. The molecule has 0 aliphatic rings. The Morgan fingerprint density at radius 1 is 1.08 bits per heavy atom. The SMILES string of the molecule is O=C(COc1ccccc1F)NC(Cn1nccn1)c1ccccc1. The van der Waals surface area contributed by atoms with Crippen molar-refractivity contribution in [2.24, 2.45) is 0 Å². The van der Waals surface area contributed by atoms with Crippen LogP contribution in [0.15, 0.2) is 67.0 Å². The standard InChI is InChI=1S/C18H17FN4O2/c19-15-8-4-5-9-17(15)25-13-18(24)22-16(12-23-20-10-11-21-23)14-6-2-1-3-7-14/h1-11,16H,12-13H2,(H,22,24). The first kappa shape index (κ1) is 16.6. The maximum Gasteiger partial charge on any atom is 0.258 e. The van der Waals surface area contributed by atoms with Gasteiger partial charge in [0, 0.05) is 0 Å². The Balaban J connectivity index is 1.65. The number of para-hydroxylation sites is 1. The fourth-order valence-corrected chi connectivity index (χ4v) is 2.36. The van der Waals surface area contributed by atoms with Crippen LogP contribution in [0.3, 0.4) is 0 Å². The molecular formula is C18H17FN4O2. The van der Waals surface area contributed by atoms with Crippen LogP contribution in [0, 0.1) is 5.82 Å². The molecule has 1 heterocycles. The first-order valence-electron chi connectivity index (χ1n) is 7.78. The molecule has 1 unspecified atom stereocenters. The lowest BCUT2D eigenvalue weighted by atomic mass is 10.1. The molecule has 1 aromatic heterocycles. The molecule has 3 rings (SSSR count). The summed E-state index contributed by atoms with van der Waals surface area (Å²) in [7, 11) is 0. The van der Waals surface area contributed by atoms with Gasteiger partial charge in [-0.2, -0.15) is 15.0 Å². The normalized spacial score (nSPS) is 11.7. The van der Waals surface area contributed by atoms with Crippen molar-refractivity contribution in [2.75, 3.05) is 6.61 Å². The molecule has 6 nitrogen and oxygen atoms in total. The van der Waals surface area contributed by atoms with Gasteiger partial charge in [0.05, 0.1) is 25.0 Å². The van der Waals surface area contributed by atoms with E-state index in [4.69, 9.17) is 4.74 Å². The van der Waals surface area contributed by atoms with E-state index in [1.54, 1.807) is 24.5 Å². The van der Waals surface area contributed by atoms with Crippen LogP contribution < -0.4 is 10.1 Å². The molecular weight excluding hydrogens is 323 g/mol. The van der Waals surface area contributed by atoms with E-state index in [1.165, 1.54) is 16.9 Å². The average molecular weight is 340 g/mol. The molecule has 0 aliphatic heterocycles. The number of ether oxygens (including phenoxy) is 1. The summed E-state index contributed by atoms with van der Waals surface area (Å²) in [5, 5.41) is 11.0. The third kappa shape index (κ3) is 4.63. The minimum Gasteiger partial charge on any atom is -0.481 e. The lowest BCUT2D eigenvalue weighted by Gasteiger charge is -2.19. The smallest absolute Gasteiger partial charge is 0.258 e. The molecule has 0 saturated heterocycles. The number of halogens is 1. The van der Waals surface area contributed by atoms with Gasteiger partial charge >= 0.3 is 0 Å². The zero-order valence-electron chi connectivity index (χ0n) is 13.4. The molecule has 1 N–H and O–H groups in total. The van der Waals surface area contributed by atoms with Crippen molar-refractivity contribution in [1.29, 1.82) is 0 Å². The van der Waals surface area contributed by atoms with Crippen LogP contribution in [0.4, 0.5) is 4.39 Å². The molecule has 1 atom stereocenters. The van der Waals surface area contributed by atoms with Gasteiger partial charge in [-0.3, -0.25) is 4.79 Å². The quantitative estimate of drug-likeness (QED) is 0.717. The van der Waals surface area contributed by atoms with Crippen molar-refractivity contribution in [3.63, 3.8) is 0 Å². The minimum absolute atomic E-state index is 0.0441. The third-order valence-corrected chi connectivity index (χ3v) is 3.55. The largest absolute Gasteiger partial charge is 0.481 e. The van der Waals surface area contributed by atoms with Crippen molar-refractivity contribution >= 4 is 5.91 Å². The number of benzene rings is 2. The van der Waals surface area contributed by atoms with Crippen LogP contribution in [0.5, 0.6) is 5.75 Å². The van der Waals surface area contributed by atoms with Gasteiger partial charge < -0.3 is 10.1 Å². The summed E-state index contributed by atoms with van der Waals surface area (Å²) in [5.74, 6) is -0.817. The van der Waals surface area contributed by atoms with Crippen LogP contribution in [0.25, 0.3) is 0 Å². The maximum atomic E-state index is 13.5. The molecule has 0 spiro atoms. The van der Waals surface area contributed by atoms with Gasteiger partial charge in [-0.1, -0.05) is 42.5 Å². The van der Waals surface area contributed by atoms with E-state index >= 15 is 0 Å². The molecule has 2 aromatic carbocycles. The molecule has 25 heavy (non-hydrogen) atoms. The molecule has 7 heteroatoms. The third-order valence-electron chi connectivity index (χ3n) is 3.55. The highest BCUT2D eigenvalue weighted by Gasteiger charge is 2.16. The van der Waals surface area contributed by atoms with Crippen LogP contribution in [0.2, 0.25) is 0 Å². The molecule has 0 radical (unpaired) electrons. The topological polar surface area (TPSA) is 69.0 Å². The summed E-state index contributed by atoms with van der Waals surface area (Å²) in [6, 6.07) is 15.1. The van der Waals surface area contributed by atoms with Crippen LogP contribution in [0.1, 0.15) is 11.6 Å². The summed E-state index contributed by atoms with van der Waals surface area (Å²) in [6.07, 6.45) is 3.15. The monoisotopic (exact) mass is 340 g/mol. The second-order valence-corrected chi connectivity index (χ2v) is 5.33. The van der Waals surface area contributed by atoms with E-state index < -0.39 is 5.82 Å². The fraction of sp³-hybridized carbons (Fsp3) is 0.167. The van der Waals surface area contributed by atoms with Crippen molar-refractivity contribution in [1.82, 2.24) is 20.3 Å². The number of hydrogen-bond donors (Lipinski definition) is 1. The van der Waals surface area contributed by atoms with Crippen LogP contribution in [-0.2, 0) is 11.3 Å². The van der Waals surface area contributed by atoms with Gasteiger partial charge in [0.1, 0.15) is 0 Å². The Morgan fingerprint density at radius 3 is 2.48 bits per heavy atom. The number of carbonyl (C=O) groups is 1. The number of hydrogen-bond acceptors (Lipinski definition) is 4. The second-order valence-electron chi connectivity index (χ2n) is 5.33. The zero-order valence-corrected chi connectivity index (χ0v) is 13.4. The molecule has 0 bridgehead atoms.